The molecule has 1 fully saturated rings. The molecule has 2 atom stereocenters. The molecular formula is C19H25N3O7. The number of rotatable bonds is 8. The van der Waals surface area contributed by atoms with Crippen LogP contribution in [0.15, 0.2) is 18.2 Å². The van der Waals surface area contributed by atoms with E-state index in [-0.39, 0.29) is 0 Å². The number of hydrogen-bond acceptors (Lipinski definition) is 7. The lowest BCUT2D eigenvalue weighted by atomic mass is 9.99. The molecule has 1 aliphatic heterocycles. The van der Waals surface area contributed by atoms with Gasteiger partial charge in [-0.05, 0) is 32.4 Å². The molecule has 0 bridgehead atoms. The summed E-state index contributed by atoms with van der Waals surface area (Å²) in [6.45, 7) is 4.14. The number of urea groups is 1. The molecule has 0 aliphatic carbocycles. The zero-order chi connectivity index (χ0) is 21.8. The first-order valence-electron chi connectivity index (χ1n) is 9.01. The van der Waals surface area contributed by atoms with Crippen LogP contribution in [0, 0.1) is 0 Å². The molecule has 1 aromatic rings. The topological polar surface area (TPSA) is 123 Å². The summed E-state index contributed by atoms with van der Waals surface area (Å²) in [5, 5.41) is 5.14. The van der Waals surface area contributed by atoms with Gasteiger partial charge in [0.15, 0.2) is 17.6 Å². The largest absolute Gasteiger partial charge is 0.493 e. The van der Waals surface area contributed by atoms with E-state index in [4.69, 9.17) is 14.2 Å². The van der Waals surface area contributed by atoms with Crippen molar-refractivity contribution < 1.29 is 33.4 Å². The van der Waals surface area contributed by atoms with Crippen LogP contribution in [-0.4, -0.2) is 61.1 Å². The SMILES string of the molecule is CC[C@]1(C)NC(=O)N(CC(=O)O[C@@H](C)C(=O)Nc2ccc(OC)c(OC)c2)C1=O. The second kappa shape index (κ2) is 8.80. The second-order valence-electron chi connectivity index (χ2n) is 6.70. The van der Waals surface area contributed by atoms with Gasteiger partial charge in [0.1, 0.15) is 12.1 Å². The molecule has 0 saturated carbocycles. The molecule has 2 rings (SSSR count). The van der Waals surface area contributed by atoms with Gasteiger partial charge in [0.25, 0.3) is 11.8 Å². The zero-order valence-corrected chi connectivity index (χ0v) is 17.0. The van der Waals surface area contributed by atoms with Crippen molar-refractivity contribution in [3.63, 3.8) is 0 Å². The van der Waals surface area contributed by atoms with Gasteiger partial charge in [-0.15, -0.1) is 0 Å². The van der Waals surface area contributed by atoms with E-state index >= 15 is 0 Å². The fourth-order valence-electron chi connectivity index (χ4n) is 2.71. The highest BCUT2D eigenvalue weighted by Crippen LogP contribution is 2.29. The van der Waals surface area contributed by atoms with Gasteiger partial charge in [0, 0.05) is 11.8 Å². The summed E-state index contributed by atoms with van der Waals surface area (Å²) < 4.78 is 15.4. The number of methoxy groups -OCH3 is 2. The average Bonchev–Trinajstić information content (AvgIpc) is 2.91. The fraction of sp³-hybridized carbons (Fsp3) is 0.474. The molecule has 4 amide bonds. The highest BCUT2D eigenvalue weighted by atomic mass is 16.5. The predicted molar refractivity (Wildman–Crippen MR) is 103 cm³/mol. The van der Waals surface area contributed by atoms with Crippen LogP contribution in [-0.2, 0) is 19.1 Å². The van der Waals surface area contributed by atoms with Crippen LogP contribution >= 0.6 is 0 Å². The third kappa shape index (κ3) is 4.76. The first-order valence-corrected chi connectivity index (χ1v) is 9.01. The number of ether oxygens (including phenoxy) is 3. The Labute approximate surface area is 168 Å². The number of nitrogens with one attached hydrogen (secondary N) is 2. The lowest BCUT2D eigenvalue weighted by Crippen LogP contribution is -2.44. The molecule has 158 valence electrons. The Kier molecular flexibility index (Phi) is 6.68. The first-order chi connectivity index (χ1) is 13.6. The summed E-state index contributed by atoms with van der Waals surface area (Å²) in [6.07, 6.45) is -0.762. The second-order valence-corrected chi connectivity index (χ2v) is 6.70. The number of carbonyl (C=O) groups is 4. The third-order valence-corrected chi connectivity index (χ3v) is 4.67. The molecule has 10 heteroatoms. The Morgan fingerprint density at radius 3 is 2.41 bits per heavy atom. The van der Waals surface area contributed by atoms with Crippen molar-refractivity contribution >= 4 is 29.5 Å². The standard InChI is InChI=1S/C19H25N3O7/c1-6-19(3)17(25)22(18(26)21-19)10-15(23)29-11(2)16(24)20-12-7-8-13(27-4)14(9-12)28-5/h7-9,11H,6,10H2,1-5H3,(H,20,24)(H,21,26)/t11-,19-/m0/s1. The molecule has 0 unspecified atom stereocenters. The predicted octanol–water partition coefficient (Wildman–Crippen LogP) is 1.29. The zero-order valence-electron chi connectivity index (χ0n) is 17.0. The van der Waals surface area contributed by atoms with Gasteiger partial charge in [-0.3, -0.25) is 19.3 Å². The van der Waals surface area contributed by atoms with Crippen LogP contribution in [0.1, 0.15) is 27.2 Å². The fourth-order valence-corrected chi connectivity index (χ4v) is 2.71. The van der Waals surface area contributed by atoms with Gasteiger partial charge in [0.2, 0.25) is 0 Å². The van der Waals surface area contributed by atoms with Crippen molar-refractivity contribution in [3.8, 4) is 11.5 Å². The van der Waals surface area contributed by atoms with Crippen molar-refractivity contribution in [3.05, 3.63) is 18.2 Å². The number of benzene rings is 1. The van der Waals surface area contributed by atoms with E-state index in [2.05, 4.69) is 10.6 Å². The maximum absolute atomic E-state index is 12.3. The number of carbonyl (C=O) groups excluding carboxylic acids is 4. The quantitative estimate of drug-likeness (QED) is 0.492. The minimum absolute atomic E-state index is 0.382. The number of hydrogen-bond donors (Lipinski definition) is 2. The van der Waals surface area contributed by atoms with E-state index in [1.54, 1.807) is 32.0 Å². The van der Waals surface area contributed by atoms with E-state index < -0.39 is 42.0 Å². The molecule has 1 heterocycles. The van der Waals surface area contributed by atoms with Crippen molar-refractivity contribution in [2.75, 3.05) is 26.1 Å². The van der Waals surface area contributed by atoms with Gasteiger partial charge in [-0.1, -0.05) is 6.92 Å². The Balaban J connectivity index is 1.95. The lowest BCUT2D eigenvalue weighted by Gasteiger charge is -2.19. The lowest BCUT2D eigenvalue weighted by molar-refractivity contribution is -0.155. The number of anilines is 1. The van der Waals surface area contributed by atoms with Crippen LogP contribution in [0.5, 0.6) is 11.5 Å². The minimum atomic E-state index is -1.14. The molecule has 1 aliphatic rings. The summed E-state index contributed by atoms with van der Waals surface area (Å²) >= 11 is 0. The number of amides is 4. The molecule has 0 aromatic heterocycles. The van der Waals surface area contributed by atoms with Gasteiger partial charge in [0.05, 0.1) is 14.2 Å². The van der Waals surface area contributed by atoms with Gasteiger partial charge in [-0.2, -0.15) is 0 Å². The Morgan fingerprint density at radius 2 is 1.86 bits per heavy atom. The van der Waals surface area contributed by atoms with Crippen LogP contribution in [0.3, 0.4) is 0 Å². The highest BCUT2D eigenvalue weighted by molar-refractivity contribution is 6.08. The van der Waals surface area contributed by atoms with Gasteiger partial charge >= 0.3 is 12.0 Å². The Morgan fingerprint density at radius 1 is 1.21 bits per heavy atom. The molecular weight excluding hydrogens is 382 g/mol. The van der Waals surface area contributed by atoms with E-state index in [0.29, 0.717) is 23.6 Å². The van der Waals surface area contributed by atoms with Crippen molar-refractivity contribution in [1.82, 2.24) is 10.2 Å². The van der Waals surface area contributed by atoms with Gasteiger partial charge < -0.3 is 24.8 Å². The third-order valence-electron chi connectivity index (χ3n) is 4.67. The molecule has 2 N–H and O–H groups in total. The highest BCUT2D eigenvalue weighted by Gasteiger charge is 2.47. The van der Waals surface area contributed by atoms with Crippen molar-refractivity contribution in [2.45, 2.75) is 38.8 Å². The first kappa shape index (κ1) is 22.0. The van der Waals surface area contributed by atoms with E-state index in [9.17, 15) is 19.2 Å². The normalized spacial score (nSPS) is 19.4. The molecule has 0 radical (unpaired) electrons. The van der Waals surface area contributed by atoms with Crippen LogP contribution in [0.4, 0.5) is 10.5 Å². The minimum Gasteiger partial charge on any atom is -0.493 e. The molecule has 29 heavy (non-hydrogen) atoms. The van der Waals surface area contributed by atoms with Crippen LogP contribution in [0.25, 0.3) is 0 Å². The summed E-state index contributed by atoms with van der Waals surface area (Å²) in [6, 6.07) is 4.11. The maximum Gasteiger partial charge on any atom is 0.327 e. The smallest absolute Gasteiger partial charge is 0.327 e. The summed E-state index contributed by atoms with van der Waals surface area (Å²) in [4.78, 5) is 49.5. The number of esters is 1. The van der Waals surface area contributed by atoms with E-state index in [1.165, 1.54) is 21.1 Å². The summed E-state index contributed by atoms with van der Waals surface area (Å²) in [7, 11) is 2.96. The van der Waals surface area contributed by atoms with Gasteiger partial charge in [-0.25, -0.2) is 4.79 Å². The van der Waals surface area contributed by atoms with Crippen LogP contribution in [0.2, 0.25) is 0 Å². The number of imide groups is 1. The average molecular weight is 407 g/mol. The molecule has 0 spiro atoms. The summed E-state index contributed by atoms with van der Waals surface area (Å²) in [5.74, 6) is -1.04. The Hall–Kier alpha value is -3.30. The van der Waals surface area contributed by atoms with Crippen molar-refractivity contribution in [2.24, 2.45) is 0 Å². The van der Waals surface area contributed by atoms with E-state index in [0.717, 1.165) is 4.90 Å². The van der Waals surface area contributed by atoms with E-state index in [1.807, 2.05) is 0 Å². The molecule has 1 aromatic carbocycles. The molecule has 10 nitrogen and oxygen atoms in total. The summed E-state index contributed by atoms with van der Waals surface area (Å²) in [5.41, 5.74) is -0.628. The van der Waals surface area contributed by atoms with Crippen molar-refractivity contribution in [1.29, 1.82) is 0 Å². The van der Waals surface area contributed by atoms with Crippen LogP contribution < -0.4 is 20.1 Å². The molecule has 1 saturated heterocycles. The monoisotopic (exact) mass is 407 g/mol. The maximum atomic E-state index is 12.3. The Bertz CT molecular complexity index is 826. The number of nitrogens with zero attached hydrogens (tertiary/aromatic N) is 1.